The summed E-state index contributed by atoms with van der Waals surface area (Å²) >= 11 is 0. The summed E-state index contributed by atoms with van der Waals surface area (Å²) in [6.45, 7) is 6.42. The van der Waals surface area contributed by atoms with E-state index in [0.717, 1.165) is 52.4 Å². The van der Waals surface area contributed by atoms with Crippen molar-refractivity contribution in [2.75, 3.05) is 45.6 Å². The molecule has 0 bridgehead atoms. The minimum absolute atomic E-state index is 0.183. The number of amides is 1. The summed E-state index contributed by atoms with van der Waals surface area (Å²) in [5, 5.41) is 3.06. The molecule has 1 atom stereocenters. The molecular weight excluding hydrogens is 439 g/mol. The predicted molar refractivity (Wildman–Crippen MR) is 130 cm³/mol. The summed E-state index contributed by atoms with van der Waals surface area (Å²) in [6, 6.07) is 12.1. The van der Waals surface area contributed by atoms with Gasteiger partial charge in [-0.1, -0.05) is 23.8 Å². The lowest BCUT2D eigenvalue weighted by Crippen LogP contribution is -2.41. The summed E-state index contributed by atoms with van der Waals surface area (Å²) in [6.07, 6.45) is 4.17. The van der Waals surface area contributed by atoms with Crippen molar-refractivity contribution < 1.29 is 18.1 Å². The molecule has 174 valence electrons. The zero-order chi connectivity index (χ0) is 23.4. The number of rotatable bonds is 7. The van der Waals surface area contributed by atoms with Crippen molar-refractivity contribution in [3.63, 3.8) is 0 Å². The fraction of sp³-hybridized carbons (Fsp3) is 0.346. The van der Waals surface area contributed by atoms with Crippen LogP contribution >= 0.6 is 0 Å². The molecule has 0 saturated carbocycles. The Morgan fingerprint density at radius 1 is 1.18 bits per heavy atom. The van der Waals surface area contributed by atoms with E-state index in [-0.39, 0.29) is 11.7 Å². The number of nitrogens with one attached hydrogen (secondary N) is 1. The van der Waals surface area contributed by atoms with Gasteiger partial charge in [-0.05, 0) is 65.9 Å². The highest BCUT2D eigenvalue weighted by Gasteiger charge is 2.26. The molecule has 1 N–H and O–H groups in total. The van der Waals surface area contributed by atoms with E-state index >= 15 is 0 Å². The number of halogens is 1. The standard InChI is InChI=1S/C26H29FN2O3S/c1-18-15-20-5-6-21(27)17-23(20)25(18)24(16-19-3-7-22(8-4-19)33(2)31)26(30)28-9-10-29-11-13-32-14-12-29/h3-8,16-17H,9-15H2,1-2H3,(H,28,30). The first kappa shape index (κ1) is 23.5. The molecule has 0 aromatic heterocycles. The van der Waals surface area contributed by atoms with Crippen LogP contribution in [0.5, 0.6) is 0 Å². The zero-order valence-electron chi connectivity index (χ0n) is 19.0. The third kappa shape index (κ3) is 5.66. The number of hydrogen-bond acceptors (Lipinski definition) is 4. The molecule has 2 aromatic rings. The van der Waals surface area contributed by atoms with Gasteiger partial charge in [0, 0.05) is 53.7 Å². The molecule has 1 saturated heterocycles. The van der Waals surface area contributed by atoms with Crippen molar-refractivity contribution >= 4 is 28.4 Å². The second kappa shape index (κ2) is 10.5. The van der Waals surface area contributed by atoms with Crippen molar-refractivity contribution in [3.8, 4) is 0 Å². The maximum Gasteiger partial charge on any atom is 0.251 e. The Kier molecular flexibility index (Phi) is 7.53. The summed E-state index contributed by atoms with van der Waals surface area (Å²) in [5.74, 6) is -0.499. The van der Waals surface area contributed by atoms with Crippen LogP contribution in [0, 0.1) is 5.82 Å². The number of nitrogens with zero attached hydrogens (tertiary/aromatic N) is 1. The molecule has 0 radical (unpaired) electrons. The monoisotopic (exact) mass is 468 g/mol. The van der Waals surface area contributed by atoms with Crippen LogP contribution in [0.3, 0.4) is 0 Å². The Morgan fingerprint density at radius 2 is 1.91 bits per heavy atom. The number of morpholine rings is 1. The van der Waals surface area contributed by atoms with Gasteiger partial charge < -0.3 is 10.1 Å². The topological polar surface area (TPSA) is 58.6 Å². The molecule has 7 heteroatoms. The van der Waals surface area contributed by atoms with E-state index in [9.17, 15) is 13.4 Å². The normalized spacial score (nSPS) is 17.7. The molecule has 33 heavy (non-hydrogen) atoms. The summed E-state index contributed by atoms with van der Waals surface area (Å²) in [5.41, 5.74) is 4.96. The Labute approximate surface area is 196 Å². The third-order valence-corrected chi connectivity index (χ3v) is 7.01. The van der Waals surface area contributed by atoms with E-state index in [1.54, 1.807) is 24.5 Å². The first-order valence-electron chi connectivity index (χ1n) is 11.1. The van der Waals surface area contributed by atoms with Gasteiger partial charge in [0.1, 0.15) is 5.82 Å². The second-order valence-electron chi connectivity index (χ2n) is 8.42. The van der Waals surface area contributed by atoms with Crippen LogP contribution < -0.4 is 5.32 Å². The molecule has 5 nitrogen and oxygen atoms in total. The van der Waals surface area contributed by atoms with Crippen LogP contribution in [0.15, 0.2) is 58.5 Å². The quantitative estimate of drug-likeness (QED) is 0.633. The van der Waals surface area contributed by atoms with E-state index < -0.39 is 10.8 Å². The number of allylic oxidation sites excluding steroid dienone is 1. The lowest BCUT2D eigenvalue weighted by Gasteiger charge is -2.26. The molecule has 2 aromatic carbocycles. The van der Waals surface area contributed by atoms with Crippen LogP contribution in [0.25, 0.3) is 11.6 Å². The number of ether oxygens (including phenoxy) is 1. The Bertz CT molecular complexity index is 1120. The van der Waals surface area contributed by atoms with Crippen molar-refractivity contribution in [1.29, 1.82) is 0 Å². The summed E-state index contributed by atoms with van der Waals surface area (Å²) in [7, 11) is -1.07. The largest absolute Gasteiger partial charge is 0.379 e. The molecule has 1 heterocycles. The molecule has 4 rings (SSSR count). The summed E-state index contributed by atoms with van der Waals surface area (Å²) in [4.78, 5) is 16.4. The number of fused-ring (bicyclic) bond motifs is 1. The number of carbonyl (C=O) groups excluding carboxylic acids is 1. The highest BCUT2D eigenvalue weighted by molar-refractivity contribution is 7.84. The lowest BCUT2D eigenvalue weighted by atomic mass is 9.95. The van der Waals surface area contributed by atoms with Gasteiger partial charge in [-0.25, -0.2) is 4.39 Å². The van der Waals surface area contributed by atoms with E-state index in [1.165, 1.54) is 12.1 Å². The summed E-state index contributed by atoms with van der Waals surface area (Å²) < 4.78 is 31.2. The lowest BCUT2D eigenvalue weighted by molar-refractivity contribution is -0.117. The number of benzene rings is 2. The third-order valence-electron chi connectivity index (χ3n) is 6.08. The molecule has 2 aliphatic rings. The van der Waals surface area contributed by atoms with Gasteiger partial charge in [-0.3, -0.25) is 13.9 Å². The van der Waals surface area contributed by atoms with Crippen LogP contribution in [0.1, 0.15) is 23.6 Å². The Balaban J connectivity index is 1.62. The number of carbonyl (C=O) groups is 1. The molecule has 1 aliphatic heterocycles. The molecule has 1 unspecified atom stereocenters. The van der Waals surface area contributed by atoms with E-state index in [4.69, 9.17) is 4.74 Å². The molecular formula is C26H29FN2O3S. The fourth-order valence-electron chi connectivity index (χ4n) is 4.34. The smallest absolute Gasteiger partial charge is 0.251 e. The van der Waals surface area contributed by atoms with Crippen molar-refractivity contribution in [2.24, 2.45) is 0 Å². The van der Waals surface area contributed by atoms with Crippen LogP contribution in [0.2, 0.25) is 0 Å². The van der Waals surface area contributed by atoms with Crippen LogP contribution in [0.4, 0.5) is 4.39 Å². The SMILES string of the molecule is CC1=C(C(=Cc2ccc(S(C)=O)cc2)C(=O)NCCN2CCOCC2)c2cc(F)ccc2C1. The predicted octanol–water partition coefficient (Wildman–Crippen LogP) is 3.42. The number of hydrogen-bond donors (Lipinski definition) is 1. The van der Waals surface area contributed by atoms with Gasteiger partial charge in [0.05, 0.1) is 13.2 Å². The van der Waals surface area contributed by atoms with E-state index in [0.29, 0.717) is 31.8 Å². The molecule has 1 fully saturated rings. The molecule has 1 amide bonds. The van der Waals surface area contributed by atoms with Crippen LogP contribution in [-0.4, -0.2) is 60.7 Å². The minimum Gasteiger partial charge on any atom is -0.379 e. The van der Waals surface area contributed by atoms with Gasteiger partial charge in [0.2, 0.25) is 0 Å². The van der Waals surface area contributed by atoms with Gasteiger partial charge in [-0.15, -0.1) is 0 Å². The van der Waals surface area contributed by atoms with Crippen LogP contribution in [-0.2, 0) is 26.8 Å². The van der Waals surface area contributed by atoms with Gasteiger partial charge in [0.15, 0.2) is 0 Å². The first-order chi connectivity index (χ1) is 15.9. The molecule has 0 spiro atoms. The fourth-order valence-corrected chi connectivity index (χ4v) is 4.85. The van der Waals surface area contributed by atoms with Crippen molar-refractivity contribution in [1.82, 2.24) is 10.2 Å². The highest BCUT2D eigenvalue weighted by Crippen LogP contribution is 2.38. The maximum absolute atomic E-state index is 14.1. The minimum atomic E-state index is -1.07. The van der Waals surface area contributed by atoms with Crippen molar-refractivity contribution in [3.05, 3.63) is 76.1 Å². The van der Waals surface area contributed by atoms with Gasteiger partial charge in [-0.2, -0.15) is 0 Å². The first-order valence-corrected chi connectivity index (χ1v) is 12.7. The average molecular weight is 469 g/mol. The van der Waals surface area contributed by atoms with Gasteiger partial charge in [0.25, 0.3) is 5.91 Å². The Hall–Kier alpha value is -2.61. The Morgan fingerprint density at radius 3 is 2.61 bits per heavy atom. The highest BCUT2D eigenvalue weighted by atomic mass is 32.2. The van der Waals surface area contributed by atoms with E-state index in [1.807, 2.05) is 25.1 Å². The maximum atomic E-state index is 14.1. The second-order valence-corrected chi connectivity index (χ2v) is 9.80. The van der Waals surface area contributed by atoms with E-state index in [2.05, 4.69) is 10.2 Å². The average Bonchev–Trinajstić information content (AvgIpc) is 3.13. The zero-order valence-corrected chi connectivity index (χ0v) is 19.8. The van der Waals surface area contributed by atoms with Crippen molar-refractivity contribution in [2.45, 2.75) is 18.2 Å². The molecule has 1 aliphatic carbocycles. The van der Waals surface area contributed by atoms with Gasteiger partial charge >= 0.3 is 0 Å².